The maximum Gasteiger partial charge on any atom is 0.176 e. The quantitative estimate of drug-likeness (QED) is 0.828. The minimum Gasteiger partial charge on any atom is -0.493 e. The van der Waals surface area contributed by atoms with Gasteiger partial charge in [-0.2, -0.15) is 11.8 Å². The lowest BCUT2D eigenvalue weighted by atomic mass is 10.1. The molecule has 0 fully saturated rings. The van der Waals surface area contributed by atoms with Crippen molar-refractivity contribution < 1.29 is 9.15 Å². The summed E-state index contributed by atoms with van der Waals surface area (Å²) >= 11 is 1.88. The molecule has 4 heteroatoms. The molecule has 0 aliphatic carbocycles. The molecule has 1 heterocycles. The van der Waals surface area contributed by atoms with Crippen LogP contribution in [0.5, 0.6) is 5.75 Å². The number of methoxy groups -OCH3 is 1. The molecular formula is C16H23NO2S. The molecule has 2 unspecified atom stereocenters. The van der Waals surface area contributed by atoms with Gasteiger partial charge in [0, 0.05) is 11.4 Å². The highest BCUT2D eigenvalue weighted by Gasteiger charge is 2.15. The first-order valence-electron chi connectivity index (χ1n) is 6.97. The van der Waals surface area contributed by atoms with Crippen molar-refractivity contribution in [1.82, 2.24) is 5.32 Å². The first-order valence-corrected chi connectivity index (χ1v) is 8.36. The maximum atomic E-state index is 5.96. The summed E-state index contributed by atoms with van der Waals surface area (Å²) < 4.78 is 11.3. The molecule has 0 bridgehead atoms. The molecule has 1 aromatic heterocycles. The Morgan fingerprint density at radius 1 is 1.35 bits per heavy atom. The van der Waals surface area contributed by atoms with Crippen LogP contribution in [0.2, 0.25) is 0 Å². The number of benzene rings is 1. The van der Waals surface area contributed by atoms with Crippen molar-refractivity contribution in [1.29, 1.82) is 0 Å². The van der Waals surface area contributed by atoms with Crippen molar-refractivity contribution in [2.75, 3.05) is 19.1 Å². The van der Waals surface area contributed by atoms with Gasteiger partial charge in [-0.25, -0.2) is 0 Å². The number of hydrogen-bond donors (Lipinski definition) is 1. The van der Waals surface area contributed by atoms with Crippen LogP contribution in [-0.2, 0) is 0 Å². The second-order valence-electron chi connectivity index (χ2n) is 5.10. The molecule has 20 heavy (non-hydrogen) atoms. The van der Waals surface area contributed by atoms with Crippen molar-refractivity contribution in [3.05, 3.63) is 30.0 Å². The van der Waals surface area contributed by atoms with Crippen molar-refractivity contribution in [2.24, 2.45) is 0 Å². The molecule has 2 atom stereocenters. The van der Waals surface area contributed by atoms with E-state index in [1.54, 1.807) is 7.11 Å². The topological polar surface area (TPSA) is 34.4 Å². The zero-order valence-corrected chi connectivity index (χ0v) is 13.4. The van der Waals surface area contributed by atoms with E-state index in [2.05, 4.69) is 37.6 Å². The normalized spacial score (nSPS) is 14.4. The fraction of sp³-hybridized carbons (Fsp3) is 0.500. The van der Waals surface area contributed by atoms with Crippen LogP contribution in [0.3, 0.4) is 0 Å². The fourth-order valence-corrected chi connectivity index (χ4v) is 2.91. The molecule has 0 radical (unpaired) electrons. The van der Waals surface area contributed by atoms with Crippen molar-refractivity contribution >= 4 is 22.7 Å². The Balaban J connectivity index is 2.12. The van der Waals surface area contributed by atoms with E-state index in [-0.39, 0.29) is 6.04 Å². The van der Waals surface area contributed by atoms with Crippen LogP contribution in [0.15, 0.2) is 28.7 Å². The van der Waals surface area contributed by atoms with Crippen molar-refractivity contribution in [3.8, 4) is 5.75 Å². The predicted molar refractivity (Wildman–Crippen MR) is 86.8 cm³/mol. The Morgan fingerprint density at radius 2 is 2.15 bits per heavy atom. The second kappa shape index (κ2) is 7.04. The third-order valence-electron chi connectivity index (χ3n) is 3.46. The maximum absolute atomic E-state index is 5.96. The van der Waals surface area contributed by atoms with E-state index in [1.165, 1.54) is 5.75 Å². The molecule has 0 saturated carbocycles. The van der Waals surface area contributed by atoms with Crippen molar-refractivity contribution in [2.45, 2.75) is 32.4 Å². The summed E-state index contributed by atoms with van der Waals surface area (Å²) in [6, 6.07) is 8.73. The molecule has 2 rings (SSSR count). The molecule has 1 aromatic carbocycles. The lowest BCUT2D eigenvalue weighted by Gasteiger charge is -2.17. The molecule has 0 aliphatic rings. The molecular weight excluding hydrogens is 270 g/mol. The number of ether oxygens (including phenoxy) is 1. The molecule has 3 nitrogen and oxygen atoms in total. The number of fused-ring (bicyclic) bond motifs is 1. The van der Waals surface area contributed by atoms with Crippen LogP contribution < -0.4 is 10.1 Å². The predicted octanol–water partition coefficient (Wildman–Crippen LogP) is 4.23. The van der Waals surface area contributed by atoms with E-state index in [0.717, 1.165) is 28.9 Å². The van der Waals surface area contributed by atoms with Gasteiger partial charge in [0.15, 0.2) is 11.3 Å². The average Bonchev–Trinajstić information content (AvgIpc) is 2.89. The van der Waals surface area contributed by atoms with E-state index in [0.29, 0.717) is 6.04 Å². The number of thioether (sulfide) groups is 1. The third-order valence-corrected chi connectivity index (χ3v) is 4.11. The van der Waals surface area contributed by atoms with E-state index in [9.17, 15) is 0 Å². The second-order valence-corrected chi connectivity index (χ2v) is 6.08. The lowest BCUT2D eigenvalue weighted by molar-refractivity contribution is 0.388. The van der Waals surface area contributed by atoms with Gasteiger partial charge in [0.25, 0.3) is 0 Å². The number of nitrogens with one attached hydrogen (secondary N) is 1. The SMILES string of the molecule is COc1cccc2cc(C(C)NC(C)CCSC)oc12. The molecule has 110 valence electrons. The van der Waals surface area contributed by atoms with Gasteiger partial charge in [-0.15, -0.1) is 0 Å². The minimum atomic E-state index is 0.198. The Labute approximate surface area is 125 Å². The largest absolute Gasteiger partial charge is 0.493 e. The Kier molecular flexibility index (Phi) is 5.38. The molecule has 0 aliphatic heterocycles. The molecule has 0 saturated heterocycles. The number of rotatable bonds is 7. The van der Waals surface area contributed by atoms with Crippen LogP contribution >= 0.6 is 11.8 Å². The Hall–Kier alpha value is -1.13. The van der Waals surface area contributed by atoms with Crippen LogP contribution in [0.25, 0.3) is 11.0 Å². The van der Waals surface area contributed by atoms with Gasteiger partial charge in [0.05, 0.1) is 13.2 Å². The van der Waals surface area contributed by atoms with Gasteiger partial charge in [0.2, 0.25) is 0 Å². The average molecular weight is 293 g/mol. The summed E-state index contributed by atoms with van der Waals surface area (Å²) in [6.07, 6.45) is 3.30. The number of furan rings is 1. The summed E-state index contributed by atoms with van der Waals surface area (Å²) in [5, 5.41) is 4.67. The van der Waals surface area contributed by atoms with E-state index in [4.69, 9.17) is 9.15 Å². The van der Waals surface area contributed by atoms with E-state index < -0.39 is 0 Å². The van der Waals surface area contributed by atoms with Crippen LogP contribution in [-0.4, -0.2) is 25.2 Å². The summed E-state index contributed by atoms with van der Waals surface area (Å²) in [7, 11) is 1.67. The highest BCUT2D eigenvalue weighted by atomic mass is 32.2. The van der Waals surface area contributed by atoms with Gasteiger partial charge in [0.1, 0.15) is 5.76 Å². The minimum absolute atomic E-state index is 0.198. The first-order chi connectivity index (χ1) is 9.65. The Morgan fingerprint density at radius 3 is 2.85 bits per heavy atom. The number of hydrogen-bond acceptors (Lipinski definition) is 4. The monoisotopic (exact) mass is 293 g/mol. The summed E-state index contributed by atoms with van der Waals surface area (Å²) in [4.78, 5) is 0. The number of para-hydroxylation sites is 1. The van der Waals surface area contributed by atoms with Gasteiger partial charge < -0.3 is 14.5 Å². The third kappa shape index (κ3) is 3.49. The van der Waals surface area contributed by atoms with Gasteiger partial charge in [-0.3, -0.25) is 0 Å². The molecule has 0 amide bonds. The zero-order chi connectivity index (χ0) is 14.5. The fourth-order valence-electron chi connectivity index (χ4n) is 2.32. The van der Waals surface area contributed by atoms with Crippen molar-refractivity contribution in [3.63, 3.8) is 0 Å². The first kappa shape index (κ1) is 15.3. The summed E-state index contributed by atoms with van der Waals surface area (Å²) in [5.41, 5.74) is 0.829. The molecule has 2 aromatic rings. The van der Waals surface area contributed by atoms with Gasteiger partial charge >= 0.3 is 0 Å². The summed E-state index contributed by atoms with van der Waals surface area (Å²) in [5.74, 6) is 2.92. The Bertz CT molecular complexity index is 552. The zero-order valence-electron chi connectivity index (χ0n) is 12.6. The summed E-state index contributed by atoms with van der Waals surface area (Å²) in [6.45, 7) is 4.36. The molecule has 1 N–H and O–H groups in total. The van der Waals surface area contributed by atoms with E-state index >= 15 is 0 Å². The molecule has 0 spiro atoms. The standard InChI is InChI=1S/C16H23NO2S/c1-11(8-9-20-4)17-12(2)15-10-13-6-5-7-14(18-3)16(13)19-15/h5-7,10-12,17H,8-9H2,1-4H3. The highest BCUT2D eigenvalue weighted by molar-refractivity contribution is 7.98. The lowest BCUT2D eigenvalue weighted by Crippen LogP contribution is -2.29. The van der Waals surface area contributed by atoms with Crippen LogP contribution in [0, 0.1) is 0 Å². The smallest absolute Gasteiger partial charge is 0.176 e. The van der Waals surface area contributed by atoms with E-state index in [1.807, 2.05) is 23.9 Å². The van der Waals surface area contributed by atoms with Crippen LogP contribution in [0.4, 0.5) is 0 Å². The highest BCUT2D eigenvalue weighted by Crippen LogP contribution is 2.31. The van der Waals surface area contributed by atoms with Gasteiger partial charge in [-0.05, 0) is 44.4 Å². The van der Waals surface area contributed by atoms with Crippen LogP contribution in [0.1, 0.15) is 32.1 Å². The van der Waals surface area contributed by atoms with Gasteiger partial charge in [-0.1, -0.05) is 12.1 Å².